The van der Waals surface area contributed by atoms with Crippen LogP contribution in [0.5, 0.6) is 11.5 Å². The normalized spacial score (nSPS) is 18.1. The largest absolute Gasteiger partial charge is 0.497 e. The number of aromatic nitrogens is 1. The van der Waals surface area contributed by atoms with Crippen molar-refractivity contribution in [2.45, 2.75) is 51.4 Å². The molecule has 1 aromatic heterocycles. The molecule has 1 aliphatic rings. The molecule has 37 heavy (non-hydrogen) atoms. The van der Waals surface area contributed by atoms with Gasteiger partial charge in [-0.2, -0.15) is 0 Å². The number of pyridine rings is 1. The molecule has 2 aromatic carbocycles. The van der Waals surface area contributed by atoms with Gasteiger partial charge in [-0.25, -0.2) is 0 Å². The van der Waals surface area contributed by atoms with Crippen molar-refractivity contribution in [2.75, 3.05) is 33.9 Å². The fourth-order valence-electron chi connectivity index (χ4n) is 5.84. The molecule has 2 heterocycles. The summed E-state index contributed by atoms with van der Waals surface area (Å²) in [4.78, 5) is 18.6. The highest BCUT2D eigenvalue weighted by molar-refractivity contribution is 5.83. The Bertz CT molecular complexity index is 1160. The van der Waals surface area contributed by atoms with Crippen molar-refractivity contribution in [1.82, 2.24) is 9.88 Å². The van der Waals surface area contributed by atoms with Crippen LogP contribution in [0.3, 0.4) is 0 Å². The van der Waals surface area contributed by atoms with Gasteiger partial charge in [-0.05, 0) is 111 Å². The Labute approximate surface area is 220 Å². The highest BCUT2D eigenvalue weighted by Crippen LogP contribution is 2.32. The van der Waals surface area contributed by atoms with Gasteiger partial charge >= 0.3 is 5.97 Å². The van der Waals surface area contributed by atoms with Crippen LogP contribution >= 0.6 is 0 Å². The number of aliphatic carboxylic acids is 1. The molecule has 0 saturated carbocycles. The molecule has 0 aliphatic carbocycles. The Morgan fingerprint density at radius 2 is 1.84 bits per heavy atom. The molecule has 6 heteroatoms. The van der Waals surface area contributed by atoms with Gasteiger partial charge in [0.1, 0.15) is 11.5 Å². The van der Waals surface area contributed by atoms with Crippen LogP contribution in [0.1, 0.15) is 49.7 Å². The maximum atomic E-state index is 11.7. The third kappa shape index (κ3) is 7.45. The minimum absolute atomic E-state index is 0.217. The van der Waals surface area contributed by atoms with Crippen molar-refractivity contribution < 1.29 is 19.4 Å². The number of fused-ring (bicyclic) bond motifs is 1. The molecule has 3 aromatic rings. The number of piperidine rings is 1. The minimum atomic E-state index is -0.680. The molecular weight excluding hydrogens is 464 g/mol. The first kappa shape index (κ1) is 26.9. The first-order chi connectivity index (χ1) is 18.1. The second-order valence-corrected chi connectivity index (χ2v) is 10.2. The van der Waals surface area contributed by atoms with Crippen molar-refractivity contribution in [3.8, 4) is 11.5 Å². The lowest BCUT2D eigenvalue weighted by atomic mass is 9.79. The molecule has 0 amide bonds. The van der Waals surface area contributed by atoms with Gasteiger partial charge in [-0.1, -0.05) is 18.2 Å². The quantitative estimate of drug-likeness (QED) is 0.288. The lowest BCUT2D eigenvalue weighted by Gasteiger charge is -2.38. The molecule has 0 spiro atoms. The molecule has 0 unspecified atom stereocenters. The number of methoxy groups -OCH3 is 2. The molecule has 1 aliphatic heterocycles. The van der Waals surface area contributed by atoms with E-state index in [4.69, 9.17) is 9.47 Å². The monoisotopic (exact) mass is 504 g/mol. The standard InChI is InChI=1S/C31H40N2O4/c1-36-27-13-14-29-28(21-27)24(15-17-32-29)11-7-10-23-16-19-33(22-26(23)20-31(34)35)18-6-5-9-25-8-3-4-12-30(25)37-2/h3-4,8,12-15,17,21,23,26H,5-7,9-11,16,18-20,22H2,1-2H3,(H,34,35)/t23-,26+/m1/s1. The molecule has 6 nitrogen and oxygen atoms in total. The first-order valence-electron chi connectivity index (χ1n) is 13.5. The zero-order valence-corrected chi connectivity index (χ0v) is 22.2. The Kier molecular flexibility index (Phi) is 9.78. The fraction of sp³-hybridized carbons (Fsp3) is 0.484. The summed E-state index contributed by atoms with van der Waals surface area (Å²) >= 11 is 0. The lowest BCUT2D eigenvalue weighted by molar-refractivity contribution is -0.139. The molecule has 1 fully saturated rings. The van der Waals surface area contributed by atoms with Crippen molar-refractivity contribution >= 4 is 16.9 Å². The number of carboxylic acids is 1. The fourth-order valence-corrected chi connectivity index (χ4v) is 5.84. The Morgan fingerprint density at radius 3 is 2.65 bits per heavy atom. The Balaban J connectivity index is 1.27. The molecule has 2 atom stereocenters. The molecule has 1 saturated heterocycles. The Hall–Kier alpha value is -3.12. The maximum Gasteiger partial charge on any atom is 0.303 e. The average molecular weight is 505 g/mol. The highest BCUT2D eigenvalue weighted by Gasteiger charge is 2.30. The van der Waals surface area contributed by atoms with E-state index in [1.807, 2.05) is 30.5 Å². The second-order valence-electron chi connectivity index (χ2n) is 10.2. The summed E-state index contributed by atoms with van der Waals surface area (Å²) in [7, 11) is 3.41. The third-order valence-corrected chi connectivity index (χ3v) is 7.84. The first-order valence-corrected chi connectivity index (χ1v) is 13.5. The van der Waals surface area contributed by atoms with Gasteiger partial charge < -0.3 is 19.5 Å². The van der Waals surface area contributed by atoms with E-state index in [2.05, 4.69) is 34.1 Å². The second kappa shape index (κ2) is 13.4. The zero-order chi connectivity index (χ0) is 26.0. The summed E-state index contributed by atoms with van der Waals surface area (Å²) in [5.74, 6) is 1.81. The number of para-hydroxylation sites is 1. The molecule has 4 rings (SSSR count). The van der Waals surface area contributed by atoms with Gasteiger partial charge in [-0.15, -0.1) is 0 Å². The molecule has 0 radical (unpaired) electrons. The van der Waals surface area contributed by atoms with Crippen molar-refractivity contribution in [3.63, 3.8) is 0 Å². The summed E-state index contributed by atoms with van der Waals surface area (Å²) in [5.41, 5.74) is 3.53. The number of rotatable bonds is 13. The maximum absolute atomic E-state index is 11.7. The van der Waals surface area contributed by atoms with Crippen LogP contribution in [0.4, 0.5) is 0 Å². The summed E-state index contributed by atoms with van der Waals surface area (Å²) in [6.07, 6.45) is 9.53. The van der Waals surface area contributed by atoms with E-state index in [1.165, 1.54) is 11.1 Å². The van der Waals surface area contributed by atoms with Gasteiger partial charge in [0, 0.05) is 24.5 Å². The predicted octanol–water partition coefficient (Wildman–Crippen LogP) is 6.01. The van der Waals surface area contributed by atoms with Gasteiger partial charge in [0.05, 0.1) is 19.7 Å². The number of carbonyl (C=O) groups is 1. The van der Waals surface area contributed by atoms with Crippen molar-refractivity contribution in [2.24, 2.45) is 11.8 Å². The van der Waals surface area contributed by atoms with E-state index in [0.29, 0.717) is 5.92 Å². The van der Waals surface area contributed by atoms with Crippen LogP contribution in [-0.2, 0) is 17.6 Å². The van der Waals surface area contributed by atoms with Crippen molar-refractivity contribution in [1.29, 1.82) is 0 Å². The van der Waals surface area contributed by atoms with Crippen LogP contribution in [0.15, 0.2) is 54.7 Å². The van der Waals surface area contributed by atoms with Gasteiger partial charge in [-0.3, -0.25) is 9.78 Å². The van der Waals surface area contributed by atoms with E-state index < -0.39 is 5.97 Å². The SMILES string of the molecule is COc1ccc2nccc(CCC[C@@H]3CCN(CCCCc4ccccc4OC)C[C@@H]3CC(=O)O)c2c1. The van der Waals surface area contributed by atoms with Crippen molar-refractivity contribution in [3.05, 3.63) is 65.9 Å². The van der Waals surface area contributed by atoms with E-state index in [0.717, 1.165) is 87.0 Å². The highest BCUT2D eigenvalue weighted by atomic mass is 16.5. The van der Waals surface area contributed by atoms with Gasteiger partial charge in [0.2, 0.25) is 0 Å². The summed E-state index contributed by atoms with van der Waals surface area (Å²) < 4.78 is 10.9. The molecule has 0 bridgehead atoms. The van der Waals surface area contributed by atoms with E-state index in [1.54, 1.807) is 14.2 Å². The number of carboxylic acid groups (broad SMARTS) is 1. The van der Waals surface area contributed by atoms with Crippen LogP contribution < -0.4 is 9.47 Å². The smallest absolute Gasteiger partial charge is 0.303 e. The number of ether oxygens (including phenoxy) is 2. The van der Waals surface area contributed by atoms with Crippen LogP contribution in [0.2, 0.25) is 0 Å². The summed E-state index contributed by atoms with van der Waals surface area (Å²) in [6, 6.07) is 16.3. The predicted molar refractivity (Wildman–Crippen MR) is 147 cm³/mol. The Morgan fingerprint density at radius 1 is 1.00 bits per heavy atom. The summed E-state index contributed by atoms with van der Waals surface area (Å²) in [5, 5.41) is 10.7. The minimum Gasteiger partial charge on any atom is -0.497 e. The molecule has 198 valence electrons. The van der Waals surface area contributed by atoms with E-state index in [-0.39, 0.29) is 12.3 Å². The molecule has 1 N–H and O–H groups in total. The summed E-state index contributed by atoms with van der Waals surface area (Å²) in [6.45, 7) is 2.98. The topological polar surface area (TPSA) is 71.9 Å². The van der Waals surface area contributed by atoms with Gasteiger partial charge in [0.15, 0.2) is 0 Å². The number of benzene rings is 2. The number of unbranched alkanes of at least 4 members (excludes halogenated alkanes) is 1. The van der Waals surface area contributed by atoms with E-state index >= 15 is 0 Å². The zero-order valence-electron chi connectivity index (χ0n) is 22.2. The number of aryl methyl sites for hydroxylation is 2. The number of hydrogen-bond donors (Lipinski definition) is 1. The van der Waals surface area contributed by atoms with Crippen LogP contribution in [0.25, 0.3) is 10.9 Å². The number of hydrogen-bond acceptors (Lipinski definition) is 5. The molecular formula is C31H40N2O4. The van der Waals surface area contributed by atoms with E-state index in [9.17, 15) is 9.90 Å². The number of nitrogens with zero attached hydrogens (tertiary/aromatic N) is 2. The number of likely N-dealkylation sites (tertiary alicyclic amines) is 1. The lowest BCUT2D eigenvalue weighted by Crippen LogP contribution is -2.41. The van der Waals surface area contributed by atoms with Gasteiger partial charge in [0.25, 0.3) is 0 Å². The van der Waals surface area contributed by atoms with Crippen LogP contribution in [0, 0.1) is 11.8 Å². The average Bonchev–Trinajstić information content (AvgIpc) is 2.92. The van der Waals surface area contributed by atoms with Crippen LogP contribution in [-0.4, -0.2) is 54.8 Å². The third-order valence-electron chi connectivity index (χ3n) is 7.84.